The maximum atomic E-state index is 14.8. The second kappa shape index (κ2) is 9.94. The molecule has 0 amide bonds. The SMILES string of the molecule is O=C1Cc2c(F)cccc2C(c2ccccc2)=N[C@@H]1Nc1nnc(-c2ccccc2N2CCOCC2)o1. The molecule has 0 radical (unpaired) electrons. The van der Waals surface area contributed by atoms with Gasteiger partial charge in [0.15, 0.2) is 11.9 Å². The van der Waals surface area contributed by atoms with Crippen LogP contribution in [-0.2, 0) is 16.0 Å². The molecule has 1 aromatic heterocycles. The van der Waals surface area contributed by atoms with Gasteiger partial charge >= 0.3 is 6.01 Å². The predicted octanol–water partition coefficient (Wildman–Crippen LogP) is 4.11. The number of fused-ring (bicyclic) bond motifs is 1. The second-order valence-corrected chi connectivity index (χ2v) is 8.83. The Labute approximate surface area is 212 Å². The first-order valence-electron chi connectivity index (χ1n) is 12.1. The van der Waals surface area contributed by atoms with Crippen molar-refractivity contribution in [3.63, 3.8) is 0 Å². The number of morpholine rings is 1. The smallest absolute Gasteiger partial charge is 0.317 e. The fraction of sp³-hybridized carbons (Fsp3) is 0.214. The molecule has 2 aliphatic heterocycles. The predicted molar refractivity (Wildman–Crippen MR) is 137 cm³/mol. The van der Waals surface area contributed by atoms with Crippen molar-refractivity contribution in [2.24, 2.45) is 4.99 Å². The molecule has 1 atom stereocenters. The van der Waals surface area contributed by atoms with E-state index in [-0.39, 0.29) is 18.2 Å². The van der Waals surface area contributed by atoms with Crippen LogP contribution < -0.4 is 10.2 Å². The highest BCUT2D eigenvalue weighted by Crippen LogP contribution is 2.32. The van der Waals surface area contributed by atoms with Gasteiger partial charge in [0.25, 0.3) is 5.89 Å². The first-order chi connectivity index (χ1) is 18.2. The Morgan fingerprint density at radius 1 is 0.892 bits per heavy atom. The molecule has 3 aromatic carbocycles. The Morgan fingerprint density at radius 2 is 1.65 bits per heavy atom. The maximum Gasteiger partial charge on any atom is 0.317 e. The average molecular weight is 498 g/mol. The molecule has 0 saturated carbocycles. The molecule has 0 unspecified atom stereocenters. The molecule has 1 N–H and O–H groups in total. The lowest BCUT2D eigenvalue weighted by molar-refractivity contribution is -0.119. The number of Topliss-reactive ketones (excluding diaryl/α,β-unsaturated/α-hetero) is 1. The van der Waals surface area contributed by atoms with Gasteiger partial charge in [-0.3, -0.25) is 9.79 Å². The third-order valence-corrected chi connectivity index (χ3v) is 6.51. The van der Waals surface area contributed by atoms with Gasteiger partial charge in [0.05, 0.1) is 24.5 Å². The molecule has 6 rings (SSSR count). The molecule has 37 heavy (non-hydrogen) atoms. The Kier molecular flexibility index (Phi) is 6.20. The van der Waals surface area contributed by atoms with Crippen LogP contribution in [0.15, 0.2) is 82.2 Å². The van der Waals surface area contributed by atoms with E-state index in [4.69, 9.17) is 14.1 Å². The van der Waals surface area contributed by atoms with Crippen LogP contribution in [0.3, 0.4) is 0 Å². The van der Waals surface area contributed by atoms with E-state index in [1.165, 1.54) is 6.07 Å². The van der Waals surface area contributed by atoms with E-state index in [0.717, 1.165) is 29.9 Å². The number of ketones is 1. The summed E-state index contributed by atoms with van der Waals surface area (Å²) in [5, 5.41) is 11.3. The van der Waals surface area contributed by atoms with Gasteiger partial charge in [0.1, 0.15) is 5.82 Å². The summed E-state index contributed by atoms with van der Waals surface area (Å²) in [4.78, 5) is 20.1. The second-order valence-electron chi connectivity index (χ2n) is 8.83. The van der Waals surface area contributed by atoms with Crippen LogP contribution in [0.5, 0.6) is 0 Å². The number of rotatable bonds is 5. The number of benzene rings is 3. The third-order valence-electron chi connectivity index (χ3n) is 6.51. The summed E-state index contributed by atoms with van der Waals surface area (Å²) in [6.45, 7) is 2.83. The maximum absolute atomic E-state index is 14.8. The minimum absolute atomic E-state index is 0.0627. The van der Waals surface area contributed by atoms with Crippen LogP contribution in [0.25, 0.3) is 11.5 Å². The molecule has 3 heterocycles. The van der Waals surface area contributed by atoms with Gasteiger partial charge in [0.2, 0.25) is 0 Å². The van der Waals surface area contributed by atoms with E-state index < -0.39 is 12.0 Å². The van der Waals surface area contributed by atoms with E-state index in [1.807, 2.05) is 54.6 Å². The highest BCUT2D eigenvalue weighted by molar-refractivity contribution is 6.16. The number of anilines is 2. The van der Waals surface area contributed by atoms with E-state index in [1.54, 1.807) is 12.1 Å². The fourth-order valence-electron chi connectivity index (χ4n) is 4.68. The summed E-state index contributed by atoms with van der Waals surface area (Å²) < 4.78 is 26.2. The Bertz CT molecular complexity index is 1460. The number of aliphatic imine (C=N–C) groups is 1. The van der Waals surface area contributed by atoms with Crippen LogP contribution >= 0.6 is 0 Å². The molecule has 2 aliphatic rings. The number of para-hydroxylation sites is 1. The van der Waals surface area contributed by atoms with Gasteiger partial charge in [-0.05, 0) is 18.2 Å². The van der Waals surface area contributed by atoms with Gasteiger partial charge in [0, 0.05) is 41.9 Å². The number of carbonyl (C=O) groups excluding carboxylic acids is 1. The summed E-state index contributed by atoms with van der Waals surface area (Å²) in [7, 11) is 0. The van der Waals surface area contributed by atoms with Crippen molar-refractivity contribution < 1.29 is 18.3 Å². The molecular weight excluding hydrogens is 473 g/mol. The first kappa shape index (κ1) is 23.1. The molecule has 8 nitrogen and oxygen atoms in total. The normalized spacial score (nSPS) is 17.6. The Morgan fingerprint density at radius 3 is 2.49 bits per heavy atom. The standard InChI is InChI=1S/C28H24FN5O3/c29-22-11-6-10-19-21(22)17-24(35)26(30-25(19)18-7-2-1-3-8-18)31-28-33-32-27(37-28)20-9-4-5-12-23(20)34-13-15-36-16-14-34/h1-12,26H,13-17H2,(H,31,33)/t26-/m1/s1. The zero-order valence-electron chi connectivity index (χ0n) is 19.9. The van der Waals surface area contributed by atoms with E-state index in [0.29, 0.717) is 35.9 Å². The molecule has 0 spiro atoms. The summed E-state index contributed by atoms with van der Waals surface area (Å²) in [6, 6.07) is 22.0. The Hall–Kier alpha value is -4.37. The van der Waals surface area contributed by atoms with Gasteiger partial charge < -0.3 is 19.4 Å². The lowest BCUT2D eigenvalue weighted by Crippen LogP contribution is -2.36. The monoisotopic (exact) mass is 497 g/mol. The molecule has 4 aromatic rings. The van der Waals surface area contributed by atoms with Gasteiger partial charge in [-0.15, -0.1) is 5.10 Å². The third kappa shape index (κ3) is 4.61. The lowest BCUT2D eigenvalue weighted by Gasteiger charge is -2.29. The van der Waals surface area contributed by atoms with Crippen molar-refractivity contribution in [1.29, 1.82) is 0 Å². The zero-order chi connectivity index (χ0) is 25.2. The van der Waals surface area contributed by atoms with Gasteiger partial charge in [-0.1, -0.05) is 59.7 Å². The highest BCUT2D eigenvalue weighted by Gasteiger charge is 2.29. The number of hydrogen-bond donors (Lipinski definition) is 1. The van der Waals surface area contributed by atoms with Crippen LogP contribution in [0.4, 0.5) is 16.1 Å². The van der Waals surface area contributed by atoms with Crippen molar-refractivity contribution in [3.05, 3.63) is 95.3 Å². The summed E-state index contributed by atoms with van der Waals surface area (Å²) in [6.07, 6.45) is -1.13. The number of nitrogens with zero attached hydrogens (tertiary/aromatic N) is 4. The molecule has 0 aliphatic carbocycles. The quantitative estimate of drug-likeness (QED) is 0.444. The van der Waals surface area contributed by atoms with Crippen LogP contribution in [0.1, 0.15) is 16.7 Å². The number of hydrogen-bond acceptors (Lipinski definition) is 8. The largest absolute Gasteiger partial charge is 0.403 e. The lowest BCUT2D eigenvalue weighted by atomic mass is 9.95. The molecule has 9 heteroatoms. The van der Waals surface area contributed by atoms with E-state index in [2.05, 4.69) is 20.4 Å². The fourth-order valence-corrected chi connectivity index (χ4v) is 4.68. The van der Waals surface area contributed by atoms with Gasteiger partial charge in [-0.2, -0.15) is 0 Å². The summed E-state index contributed by atoms with van der Waals surface area (Å²) in [5.74, 6) is -0.409. The molecular formula is C28H24FN5O3. The van der Waals surface area contributed by atoms with Crippen molar-refractivity contribution in [2.45, 2.75) is 12.6 Å². The molecule has 1 fully saturated rings. The van der Waals surface area contributed by atoms with E-state index >= 15 is 0 Å². The van der Waals surface area contributed by atoms with Crippen LogP contribution in [0.2, 0.25) is 0 Å². The number of aromatic nitrogens is 2. The van der Waals surface area contributed by atoms with E-state index in [9.17, 15) is 9.18 Å². The van der Waals surface area contributed by atoms with Crippen molar-refractivity contribution in [1.82, 2.24) is 10.2 Å². The van der Waals surface area contributed by atoms with Gasteiger partial charge in [-0.25, -0.2) is 4.39 Å². The Balaban J connectivity index is 1.33. The topological polar surface area (TPSA) is 92.9 Å². The minimum atomic E-state index is -1.02. The van der Waals surface area contributed by atoms with Crippen molar-refractivity contribution in [2.75, 3.05) is 36.5 Å². The first-order valence-corrected chi connectivity index (χ1v) is 12.1. The van der Waals surface area contributed by atoms with Crippen LogP contribution in [0, 0.1) is 5.82 Å². The van der Waals surface area contributed by atoms with Crippen molar-refractivity contribution >= 4 is 23.2 Å². The number of carbonyl (C=O) groups is 1. The summed E-state index contributed by atoms with van der Waals surface area (Å²) in [5.41, 5.74) is 3.99. The highest BCUT2D eigenvalue weighted by atomic mass is 19.1. The summed E-state index contributed by atoms with van der Waals surface area (Å²) >= 11 is 0. The van der Waals surface area contributed by atoms with Crippen molar-refractivity contribution in [3.8, 4) is 11.5 Å². The zero-order valence-corrected chi connectivity index (χ0v) is 19.9. The minimum Gasteiger partial charge on any atom is -0.403 e. The van der Waals surface area contributed by atoms with Crippen LogP contribution in [-0.4, -0.2) is 54.2 Å². The number of nitrogens with one attached hydrogen (secondary N) is 1. The molecule has 186 valence electrons. The average Bonchev–Trinajstić information content (AvgIpc) is 3.36. The number of ether oxygens (including phenoxy) is 1. The number of halogens is 1. The molecule has 0 bridgehead atoms. The molecule has 1 saturated heterocycles.